The van der Waals surface area contributed by atoms with E-state index in [9.17, 15) is 4.79 Å². The van der Waals surface area contributed by atoms with Crippen molar-refractivity contribution in [3.05, 3.63) is 35.4 Å². The molecule has 2 aliphatic heterocycles. The average molecular weight is 274 g/mol. The standard InChI is InChI=1S/C16H22N2O2/c1-12-5-3-4-6-13(12)16(19)18-8-7-15-14(11-18)17(2)9-10-20-15/h3-6,14-15H,7-11H2,1-2H3/t14-,15-/m0/s1. The predicted molar refractivity (Wildman–Crippen MR) is 77.9 cm³/mol. The molecule has 0 saturated carbocycles. The number of benzene rings is 1. The molecule has 0 spiro atoms. The van der Waals surface area contributed by atoms with Gasteiger partial charge in [-0.15, -0.1) is 0 Å². The van der Waals surface area contributed by atoms with Gasteiger partial charge < -0.3 is 9.64 Å². The minimum absolute atomic E-state index is 0.153. The highest BCUT2D eigenvalue weighted by Gasteiger charge is 2.37. The first-order valence-corrected chi connectivity index (χ1v) is 7.33. The van der Waals surface area contributed by atoms with E-state index in [0.717, 1.165) is 43.8 Å². The fraction of sp³-hybridized carbons (Fsp3) is 0.562. The smallest absolute Gasteiger partial charge is 0.254 e. The Hall–Kier alpha value is -1.39. The van der Waals surface area contributed by atoms with Gasteiger partial charge in [-0.3, -0.25) is 9.69 Å². The molecule has 20 heavy (non-hydrogen) atoms. The van der Waals surface area contributed by atoms with Crippen LogP contribution in [0.1, 0.15) is 22.3 Å². The van der Waals surface area contributed by atoms with Crippen LogP contribution in [0.15, 0.2) is 24.3 Å². The number of nitrogens with zero attached hydrogens (tertiary/aromatic N) is 2. The average Bonchev–Trinajstić information content (AvgIpc) is 2.47. The molecule has 0 unspecified atom stereocenters. The quantitative estimate of drug-likeness (QED) is 0.779. The fourth-order valence-electron chi connectivity index (χ4n) is 3.21. The van der Waals surface area contributed by atoms with Gasteiger partial charge in [0, 0.05) is 25.2 Å². The summed E-state index contributed by atoms with van der Waals surface area (Å²) in [4.78, 5) is 17.0. The highest BCUT2D eigenvalue weighted by atomic mass is 16.5. The number of piperidine rings is 1. The second-order valence-electron chi connectivity index (χ2n) is 5.81. The van der Waals surface area contributed by atoms with E-state index in [1.807, 2.05) is 36.1 Å². The van der Waals surface area contributed by atoms with Gasteiger partial charge in [-0.25, -0.2) is 0 Å². The lowest BCUT2D eigenvalue weighted by molar-refractivity contribution is -0.0893. The van der Waals surface area contributed by atoms with Gasteiger partial charge >= 0.3 is 0 Å². The summed E-state index contributed by atoms with van der Waals surface area (Å²) in [5, 5.41) is 0. The zero-order valence-electron chi connectivity index (χ0n) is 12.2. The number of carbonyl (C=O) groups excluding carboxylic acids is 1. The Labute approximate surface area is 120 Å². The number of likely N-dealkylation sites (N-methyl/N-ethyl adjacent to an activating group) is 1. The van der Waals surface area contributed by atoms with Crippen molar-refractivity contribution in [2.75, 3.05) is 33.3 Å². The van der Waals surface area contributed by atoms with Crippen LogP contribution < -0.4 is 0 Å². The van der Waals surface area contributed by atoms with Crippen LogP contribution in [0.5, 0.6) is 0 Å². The lowest BCUT2D eigenvalue weighted by atomic mass is 9.98. The summed E-state index contributed by atoms with van der Waals surface area (Å²) in [6, 6.07) is 8.16. The minimum atomic E-state index is 0.153. The molecule has 2 fully saturated rings. The van der Waals surface area contributed by atoms with Crippen LogP contribution in [0.25, 0.3) is 0 Å². The molecule has 1 aromatic rings. The summed E-state index contributed by atoms with van der Waals surface area (Å²) in [5.74, 6) is 0.153. The Kier molecular flexibility index (Phi) is 3.76. The second kappa shape index (κ2) is 5.54. The zero-order valence-corrected chi connectivity index (χ0v) is 12.2. The van der Waals surface area contributed by atoms with Crippen molar-refractivity contribution < 1.29 is 9.53 Å². The maximum Gasteiger partial charge on any atom is 0.254 e. The van der Waals surface area contributed by atoms with Crippen molar-refractivity contribution in [2.45, 2.75) is 25.5 Å². The summed E-state index contributed by atoms with van der Waals surface area (Å²) < 4.78 is 5.83. The van der Waals surface area contributed by atoms with Crippen LogP contribution in [0.4, 0.5) is 0 Å². The molecule has 2 atom stereocenters. The highest BCUT2D eigenvalue weighted by Crippen LogP contribution is 2.23. The monoisotopic (exact) mass is 274 g/mol. The number of hydrogen-bond acceptors (Lipinski definition) is 3. The van der Waals surface area contributed by atoms with Gasteiger partial charge in [0.25, 0.3) is 5.91 Å². The number of ether oxygens (including phenoxy) is 1. The third-order valence-corrected chi connectivity index (χ3v) is 4.52. The molecule has 2 saturated heterocycles. The van der Waals surface area contributed by atoms with Gasteiger partial charge in [0.2, 0.25) is 0 Å². The second-order valence-corrected chi connectivity index (χ2v) is 5.81. The maximum atomic E-state index is 12.7. The predicted octanol–water partition coefficient (Wildman–Crippen LogP) is 1.54. The highest BCUT2D eigenvalue weighted by molar-refractivity contribution is 5.95. The summed E-state index contributed by atoms with van der Waals surface area (Å²) in [6.45, 7) is 5.32. The van der Waals surface area contributed by atoms with Gasteiger partial charge in [-0.1, -0.05) is 18.2 Å². The third-order valence-electron chi connectivity index (χ3n) is 4.52. The molecule has 0 radical (unpaired) electrons. The molecule has 0 bridgehead atoms. The Morgan fingerprint density at radius 1 is 1.30 bits per heavy atom. The number of carbonyl (C=O) groups is 1. The van der Waals surface area contributed by atoms with E-state index in [0.29, 0.717) is 6.04 Å². The molecule has 0 aliphatic carbocycles. The van der Waals surface area contributed by atoms with E-state index in [4.69, 9.17) is 4.74 Å². The molecule has 2 heterocycles. The van der Waals surface area contributed by atoms with Gasteiger partial charge in [0.15, 0.2) is 0 Å². The van der Waals surface area contributed by atoms with E-state index in [1.54, 1.807) is 0 Å². The molecule has 1 amide bonds. The van der Waals surface area contributed by atoms with Crippen molar-refractivity contribution in [2.24, 2.45) is 0 Å². The number of rotatable bonds is 1. The van der Waals surface area contributed by atoms with E-state index >= 15 is 0 Å². The topological polar surface area (TPSA) is 32.8 Å². The number of fused-ring (bicyclic) bond motifs is 1. The van der Waals surface area contributed by atoms with E-state index in [2.05, 4.69) is 11.9 Å². The Balaban J connectivity index is 1.75. The molecule has 0 aromatic heterocycles. The molecule has 2 aliphatic rings. The van der Waals surface area contributed by atoms with Crippen molar-refractivity contribution in [3.8, 4) is 0 Å². The number of hydrogen-bond donors (Lipinski definition) is 0. The molecule has 108 valence electrons. The summed E-state index contributed by atoms with van der Waals surface area (Å²) in [7, 11) is 2.13. The summed E-state index contributed by atoms with van der Waals surface area (Å²) >= 11 is 0. The molecular formula is C16H22N2O2. The first kappa shape index (κ1) is 13.6. The number of amides is 1. The molecule has 0 N–H and O–H groups in total. The molecule has 4 nitrogen and oxygen atoms in total. The Bertz CT molecular complexity index is 503. The number of aryl methyl sites for hydroxylation is 1. The maximum absolute atomic E-state index is 12.7. The number of likely N-dealkylation sites (tertiary alicyclic amines) is 1. The lowest BCUT2D eigenvalue weighted by Gasteiger charge is -2.45. The summed E-state index contributed by atoms with van der Waals surface area (Å²) in [6.07, 6.45) is 1.22. The molecule has 3 rings (SSSR count). The fourth-order valence-corrected chi connectivity index (χ4v) is 3.21. The van der Waals surface area contributed by atoms with E-state index < -0.39 is 0 Å². The van der Waals surface area contributed by atoms with Crippen LogP contribution in [0.2, 0.25) is 0 Å². The third kappa shape index (κ3) is 2.45. The number of morpholine rings is 1. The van der Waals surface area contributed by atoms with Crippen LogP contribution in [0.3, 0.4) is 0 Å². The zero-order chi connectivity index (χ0) is 14.1. The van der Waals surface area contributed by atoms with Crippen molar-refractivity contribution in [1.82, 2.24) is 9.80 Å². The van der Waals surface area contributed by atoms with Crippen LogP contribution in [0, 0.1) is 6.92 Å². The largest absolute Gasteiger partial charge is 0.375 e. The van der Waals surface area contributed by atoms with E-state index in [1.165, 1.54) is 0 Å². The van der Waals surface area contributed by atoms with Gasteiger partial charge in [-0.05, 0) is 32.0 Å². The minimum Gasteiger partial charge on any atom is -0.375 e. The van der Waals surface area contributed by atoms with Crippen molar-refractivity contribution in [3.63, 3.8) is 0 Å². The van der Waals surface area contributed by atoms with Crippen LogP contribution in [-0.4, -0.2) is 61.1 Å². The van der Waals surface area contributed by atoms with E-state index in [-0.39, 0.29) is 12.0 Å². The van der Waals surface area contributed by atoms with Crippen LogP contribution >= 0.6 is 0 Å². The normalized spacial score (nSPS) is 27.2. The van der Waals surface area contributed by atoms with Crippen LogP contribution in [-0.2, 0) is 4.74 Å². The first-order valence-electron chi connectivity index (χ1n) is 7.33. The summed E-state index contributed by atoms with van der Waals surface area (Å²) in [5.41, 5.74) is 1.87. The van der Waals surface area contributed by atoms with Gasteiger partial charge in [0.1, 0.15) is 0 Å². The van der Waals surface area contributed by atoms with Gasteiger partial charge in [-0.2, -0.15) is 0 Å². The molecular weight excluding hydrogens is 252 g/mol. The molecule has 4 heteroatoms. The Morgan fingerprint density at radius 2 is 2.10 bits per heavy atom. The SMILES string of the molecule is Cc1ccccc1C(=O)N1CC[C@@H]2OCCN(C)[C@H]2C1. The lowest BCUT2D eigenvalue weighted by Crippen LogP contribution is -2.59. The first-order chi connectivity index (χ1) is 9.66. The molecule has 1 aromatic carbocycles. The van der Waals surface area contributed by atoms with Crippen molar-refractivity contribution >= 4 is 5.91 Å². The Morgan fingerprint density at radius 3 is 2.90 bits per heavy atom. The van der Waals surface area contributed by atoms with Crippen molar-refractivity contribution in [1.29, 1.82) is 0 Å². The van der Waals surface area contributed by atoms with Gasteiger partial charge in [0.05, 0.1) is 18.8 Å².